The number of nitrogen functional groups attached to an aromatic ring is 1. The monoisotopic (exact) mass is 499 g/mol. The van der Waals surface area contributed by atoms with Crippen molar-refractivity contribution in [3.63, 3.8) is 0 Å². The van der Waals surface area contributed by atoms with Crippen LogP contribution in [0.15, 0.2) is 60.8 Å². The highest BCUT2D eigenvalue weighted by Crippen LogP contribution is 2.41. The Labute approximate surface area is 215 Å². The molecule has 3 N–H and O–H groups in total. The van der Waals surface area contributed by atoms with E-state index in [9.17, 15) is 5.11 Å². The summed E-state index contributed by atoms with van der Waals surface area (Å²) in [7, 11) is 1.63. The zero-order valence-electron chi connectivity index (χ0n) is 20.9. The van der Waals surface area contributed by atoms with Crippen molar-refractivity contribution >= 4 is 5.95 Å². The molecule has 3 aromatic carbocycles. The number of fused-ring (bicyclic) bond motifs is 1. The van der Waals surface area contributed by atoms with Gasteiger partial charge in [-0.05, 0) is 53.4 Å². The molecule has 0 saturated heterocycles. The lowest BCUT2D eigenvalue weighted by molar-refractivity contribution is 0.297. The Kier molecular flexibility index (Phi) is 6.98. The molecular formula is C29H29N3O5. The third kappa shape index (κ3) is 5.23. The van der Waals surface area contributed by atoms with Crippen LogP contribution in [0.1, 0.15) is 24.5 Å². The minimum Gasteiger partial charge on any atom is -0.507 e. The number of phenols is 1. The van der Waals surface area contributed by atoms with Gasteiger partial charge in [-0.2, -0.15) is 0 Å². The second kappa shape index (κ2) is 10.7. The zero-order valence-corrected chi connectivity index (χ0v) is 20.9. The number of rotatable bonds is 7. The Morgan fingerprint density at radius 3 is 2.65 bits per heavy atom. The van der Waals surface area contributed by atoms with Crippen LogP contribution >= 0.6 is 0 Å². The van der Waals surface area contributed by atoms with Crippen molar-refractivity contribution in [1.82, 2.24) is 9.97 Å². The predicted molar refractivity (Wildman–Crippen MR) is 141 cm³/mol. The lowest BCUT2D eigenvalue weighted by Crippen LogP contribution is -2.02. The smallest absolute Gasteiger partial charge is 0.220 e. The average Bonchev–Trinajstić information content (AvgIpc) is 3.17. The molecule has 0 atom stereocenters. The molecule has 0 radical (unpaired) electrons. The van der Waals surface area contributed by atoms with E-state index in [0.29, 0.717) is 60.3 Å². The van der Waals surface area contributed by atoms with Crippen LogP contribution in [-0.2, 0) is 13.0 Å². The Bertz CT molecular complexity index is 1420. The van der Waals surface area contributed by atoms with E-state index in [4.69, 9.17) is 24.7 Å². The molecule has 0 saturated carbocycles. The van der Waals surface area contributed by atoms with Crippen molar-refractivity contribution in [3.05, 3.63) is 71.9 Å². The van der Waals surface area contributed by atoms with Crippen LogP contribution in [0.25, 0.3) is 22.4 Å². The van der Waals surface area contributed by atoms with Crippen molar-refractivity contribution in [2.45, 2.75) is 26.4 Å². The fraction of sp³-hybridized carbons (Fsp3) is 0.241. The highest BCUT2D eigenvalue weighted by Gasteiger charge is 2.19. The molecule has 4 aromatic rings. The van der Waals surface area contributed by atoms with E-state index in [0.717, 1.165) is 28.9 Å². The molecule has 0 aliphatic carbocycles. The summed E-state index contributed by atoms with van der Waals surface area (Å²) in [6.07, 6.45) is 3.18. The second-order valence-corrected chi connectivity index (χ2v) is 8.67. The molecule has 2 heterocycles. The summed E-state index contributed by atoms with van der Waals surface area (Å²) in [5.74, 6) is 2.88. The molecule has 8 nitrogen and oxygen atoms in total. The molecule has 8 heteroatoms. The van der Waals surface area contributed by atoms with E-state index in [1.165, 1.54) is 0 Å². The number of nitrogens with two attached hydrogens (primary N) is 1. The summed E-state index contributed by atoms with van der Waals surface area (Å²) >= 11 is 0. The molecule has 0 spiro atoms. The number of hydrogen-bond acceptors (Lipinski definition) is 8. The van der Waals surface area contributed by atoms with Crippen molar-refractivity contribution in [1.29, 1.82) is 0 Å². The number of nitrogens with zero attached hydrogens (tertiary/aromatic N) is 2. The van der Waals surface area contributed by atoms with Crippen molar-refractivity contribution in [2.75, 3.05) is 26.1 Å². The Balaban J connectivity index is 1.51. The fourth-order valence-electron chi connectivity index (χ4n) is 4.28. The maximum Gasteiger partial charge on any atom is 0.220 e. The van der Waals surface area contributed by atoms with Crippen molar-refractivity contribution in [3.8, 4) is 51.1 Å². The quantitative estimate of drug-likeness (QED) is 0.347. The minimum absolute atomic E-state index is 0.0338. The minimum atomic E-state index is 0.0338. The van der Waals surface area contributed by atoms with Crippen LogP contribution in [-0.4, -0.2) is 35.4 Å². The highest BCUT2D eigenvalue weighted by atomic mass is 16.5. The lowest BCUT2D eigenvalue weighted by Gasteiger charge is -2.16. The van der Waals surface area contributed by atoms with Gasteiger partial charge in [-0.25, -0.2) is 9.97 Å². The topological polar surface area (TPSA) is 109 Å². The van der Waals surface area contributed by atoms with Gasteiger partial charge >= 0.3 is 0 Å². The standard InChI is InChI=1S/C29H29N3O5/c1-3-19-13-22(24(33)15-26(19)37-17-18-6-4-7-21(12-18)34-2)28-23(16-31-29(30)32-28)20-8-9-25-27(14-20)36-11-5-10-35-25/h4,6-9,12-16,33H,3,5,10-11,17H2,1-2H3,(H2,30,31,32). The summed E-state index contributed by atoms with van der Waals surface area (Å²) in [5, 5.41) is 11.1. The lowest BCUT2D eigenvalue weighted by atomic mass is 9.97. The van der Waals surface area contributed by atoms with Gasteiger partial charge in [0.2, 0.25) is 5.95 Å². The predicted octanol–water partition coefficient (Wildman–Crippen LogP) is 5.41. The van der Waals surface area contributed by atoms with E-state index in [1.54, 1.807) is 19.4 Å². The number of ether oxygens (including phenoxy) is 4. The summed E-state index contributed by atoms with van der Waals surface area (Å²) in [4.78, 5) is 8.73. The van der Waals surface area contributed by atoms with Crippen molar-refractivity contribution < 1.29 is 24.1 Å². The summed E-state index contributed by atoms with van der Waals surface area (Å²) in [6, 6.07) is 16.9. The summed E-state index contributed by atoms with van der Waals surface area (Å²) in [5.41, 5.74) is 10.5. The van der Waals surface area contributed by atoms with Crippen LogP contribution in [0.2, 0.25) is 0 Å². The van der Waals surface area contributed by atoms with Gasteiger partial charge in [-0.3, -0.25) is 0 Å². The number of anilines is 1. The van der Waals surface area contributed by atoms with Crippen LogP contribution in [0.5, 0.6) is 28.7 Å². The van der Waals surface area contributed by atoms with Gasteiger partial charge in [0, 0.05) is 29.8 Å². The maximum absolute atomic E-state index is 11.1. The molecule has 0 fully saturated rings. The molecule has 1 aliphatic rings. The Morgan fingerprint density at radius 1 is 1.00 bits per heavy atom. The van der Waals surface area contributed by atoms with E-state index >= 15 is 0 Å². The molecule has 1 aliphatic heterocycles. The first-order valence-electron chi connectivity index (χ1n) is 12.2. The molecule has 190 valence electrons. The molecule has 37 heavy (non-hydrogen) atoms. The van der Waals surface area contributed by atoms with Crippen LogP contribution in [0.4, 0.5) is 5.95 Å². The normalized spacial score (nSPS) is 12.6. The largest absolute Gasteiger partial charge is 0.507 e. The van der Waals surface area contributed by atoms with Gasteiger partial charge in [0.25, 0.3) is 0 Å². The van der Waals surface area contributed by atoms with Crippen LogP contribution in [0.3, 0.4) is 0 Å². The third-order valence-electron chi connectivity index (χ3n) is 6.21. The van der Waals surface area contributed by atoms with E-state index in [1.807, 2.05) is 55.5 Å². The van der Waals surface area contributed by atoms with Gasteiger partial charge in [0.1, 0.15) is 23.9 Å². The summed E-state index contributed by atoms with van der Waals surface area (Å²) < 4.78 is 23.0. The molecular weight excluding hydrogens is 470 g/mol. The van der Waals surface area contributed by atoms with Crippen molar-refractivity contribution in [2.24, 2.45) is 0 Å². The number of methoxy groups -OCH3 is 1. The van der Waals surface area contributed by atoms with Crippen LogP contribution < -0.4 is 24.7 Å². The van der Waals surface area contributed by atoms with E-state index in [2.05, 4.69) is 9.97 Å². The zero-order chi connectivity index (χ0) is 25.8. The third-order valence-corrected chi connectivity index (χ3v) is 6.21. The second-order valence-electron chi connectivity index (χ2n) is 8.67. The number of aromatic hydroxyl groups is 1. The van der Waals surface area contributed by atoms with Gasteiger partial charge in [0.15, 0.2) is 11.5 Å². The van der Waals surface area contributed by atoms with Crippen LogP contribution in [0, 0.1) is 0 Å². The van der Waals surface area contributed by atoms with Gasteiger partial charge in [0.05, 0.1) is 26.0 Å². The van der Waals surface area contributed by atoms with Gasteiger partial charge in [-0.1, -0.05) is 25.1 Å². The number of phenolic OH excluding ortho intramolecular Hbond substituents is 1. The molecule has 5 rings (SSSR count). The Morgan fingerprint density at radius 2 is 1.84 bits per heavy atom. The number of aryl methyl sites for hydroxylation is 1. The molecule has 0 unspecified atom stereocenters. The average molecular weight is 500 g/mol. The first kappa shape index (κ1) is 24.2. The van der Waals surface area contributed by atoms with E-state index in [-0.39, 0.29) is 11.7 Å². The SMILES string of the molecule is CCc1cc(-c2nc(N)ncc2-c2ccc3c(c2)OCCCO3)c(O)cc1OCc1cccc(OC)c1. The summed E-state index contributed by atoms with van der Waals surface area (Å²) in [6.45, 7) is 3.57. The number of aromatic nitrogens is 2. The fourth-order valence-corrected chi connectivity index (χ4v) is 4.28. The number of benzene rings is 3. The molecule has 0 amide bonds. The Hall–Kier alpha value is -4.46. The molecule has 0 bridgehead atoms. The van der Waals surface area contributed by atoms with Gasteiger partial charge < -0.3 is 29.8 Å². The molecule has 1 aromatic heterocycles. The van der Waals surface area contributed by atoms with Gasteiger partial charge in [-0.15, -0.1) is 0 Å². The maximum atomic E-state index is 11.1. The van der Waals surface area contributed by atoms with E-state index < -0.39 is 0 Å². The first-order valence-corrected chi connectivity index (χ1v) is 12.2. The first-order chi connectivity index (χ1) is 18.1. The highest BCUT2D eigenvalue weighted by molar-refractivity contribution is 5.85. The number of hydrogen-bond donors (Lipinski definition) is 2.